The van der Waals surface area contributed by atoms with E-state index in [2.05, 4.69) is 0 Å². The summed E-state index contributed by atoms with van der Waals surface area (Å²) in [6.45, 7) is 1.60. The Morgan fingerprint density at radius 1 is 1.54 bits per heavy atom. The summed E-state index contributed by atoms with van der Waals surface area (Å²) in [6, 6.07) is 2.26. The zero-order valence-electron chi connectivity index (χ0n) is 7.04. The first kappa shape index (κ1) is 9.51. The van der Waals surface area contributed by atoms with Gasteiger partial charge in [-0.1, -0.05) is 0 Å². The molecule has 0 atom stereocenters. The number of halogens is 1. The zero-order valence-corrected chi connectivity index (χ0v) is 7.04. The molecule has 0 aliphatic rings. The average molecular weight is 184 g/mol. The van der Waals surface area contributed by atoms with Crippen molar-refractivity contribution in [2.75, 3.05) is 0 Å². The van der Waals surface area contributed by atoms with Crippen LogP contribution in [-0.2, 0) is 11.2 Å². The topological polar surface area (TPSA) is 57.5 Å². The highest BCUT2D eigenvalue weighted by molar-refractivity contribution is 5.71. The van der Waals surface area contributed by atoms with Crippen LogP contribution in [0.2, 0.25) is 0 Å². The van der Waals surface area contributed by atoms with Gasteiger partial charge in [-0.15, -0.1) is 0 Å². The lowest BCUT2D eigenvalue weighted by molar-refractivity contribution is -0.136. The predicted octanol–water partition coefficient (Wildman–Crippen LogP) is 1.47. The Balaban J connectivity index is 3.08. The number of aliphatic carboxylic acids is 1. The molecule has 4 heteroatoms. The second-order valence-corrected chi connectivity index (χ2v) is 2.80. The molecule has 0 radical (unpaired) electrons. The number of benzene rings is 1. The van der Waals surface area contributed by atoms with Crippen LogP contribution in [0.1, 0.15) is 11.1 Å². The van der Waals surface area contributed by atoms with Gasteiger partial charge in [0, 0.05) is 0 Å². The van der Waals surface area contributed by atoms with Crippen LogP contribution in [0.4, 0.5) is 4.39 Å². The maximum atomic E-state index is 12.7. The van der Waals surface area contributed by atoms with Crippen molar-refractivity contribution >= 4 is 5.97 Å². The van der Waals surface area contributed by atoms with Gasteiger partial charge < -0.3 is 10.2 Å². The number of phenolic OH excluding ortho intramolecular Hbond substituents is 1. The summed E-state index contributed by atoms with van der Waals surface area (Å²) in [5.41, 5.74) is 0.948. The quantitative estimate of drug-likeness (QED) is 0.731. The Hall–Kier alpha value is -1.58. The second-order valence-electron chi connectivity index (χ2n) is 2.80. The largest absolute Gasteiger partial charge is 0.505 e. The van der Waals surface area contributed by atoms with Crippen LogP contribution in [0.15, 0.2) is 12.1 Å². The zero-order chi connectivity index (χ0) is 10.0. The number of phenols is 1. The predicted molar refractivity (Wildman–Crippen MR) is 44.1 cm³/mol. The van der Waals surface area contributed by atoms with E-state index < -0.39 is 17.5 Å². The number of aromatic hydroxyl groups is 1. The van der Waals surface area contributed by atoms with Crippen LogP contribution in [0.5, 0.6) is 5.75 Å². The van der Waals surface area contributed by atoms with Gasteiger partial charge >= 0.3 is 5.97 Å². The molecule has 1 rings (SSSR count). The van der Waals surface area contributed by atoms with Crippen LogP contribution in [0.25, 0.3) is 0 Å². The van der Waals surface area contributed by atoms with Crippen molar-refractivity contribution in [2.24, 2.45) is 0 Å². The number of carboxylic acid groups (broad SMARTS) is 1. The molecule has 0 saturated heterocycles. The molecule has 13 heavy (non-hydrogen) atoms. The first-order valence-corrected chi connectivity index (χ1v) is 3.70. The molecule has 0 spiro atoms. The van der Waals surface area contributed by atoms with Crippen molar-refractivity contribution < 1.29 is 19.4 Å². The molecule has 0 saturated carbocycles. The van der Waals surface area contributed by atoms with Gasteiger partial charge in [0.25, 0.3) is 0 Å². The highest BCUT2D eigenvalue weighted by Gasteiger charge is 2.08. The lowest BCUT2D eigenvalue weighted by Crippen LogP contribution is -2.02. The van der Waals surface area contributed by atoms with E-state index in [9.17, 15) is 9.18 Å². The van der Waals surface area contributed by atoms with Crippen molar-refractivity contribution in [3.8, 4) is 5.75 Å². The van der Waals surface area contributed by atoms with E-state index >= 15 is 0 Å². The molecule has 2 N–H and O–H groups in total. The molecule has 1 aromatic carbocycles. The van der Waals surface area contributed by atoms with Gasteiger partial charge in [0.15, 0.2) is 11.6 Å². The van der Waals surface area contributed by atoms with Crippen molar-refractivity contribution in [3.05, 3.63) is 29.1 Å². The number of carbonyl (C=O) groups is 1. The van der Waals surface area contributed by atoms with E-state index in [1.54, 1.807) is 6.92 Å². The van der Waals surface area contributed by atoms with Gasteiger partial charge in [-0.2, -0.15) is 0 Å². The monoisotopic (exact) mass is 184 g/mol. The van der Waals surface area contributed by atoms with Crippen LogP contribution >= 0.6 is 0 Å². The summed E-state index contributed by atoms with van der Waals surface area (Å²) in [6.07, 6.45) is -0.209. The van der Waals surface area contributed by atoms with E-state index in [1.807, 2.05) is 0 Å². The highest BCUT2D eigenvalue weighted by Crippen LogP contribution is 2.20. The fourth-order valence-corrected chi connectivity index (χ4v) is 1.06. The van der Waals surface area contributed by atoms with Crippen LogP contribution in [-0.4, -0.2) is 16.2 Å². The van der Waals surface area contributed by atoms with Gasteiger partial charge in [-0.25, -0.2) is 4.39 Å². The third-order valence-electron chi connectivity index (χ3n) is 1.75. The van der Waals surface area contributed by atoms with Crippen molar-refractivity contribution in [1.82, 2.24) is 0 Å². The average Bonchev–Trinajstić information content (AvgIpc) is 1.99. The van der Waals surface area contributed by atoms with Gasteiger partial charge in [0.1, 0.15) is 0 Å². The minimum atomic E-state index is -1.01. The van der Waals surface area contributed by atoms with Crippen molar-refractivity contribution in [2.45, 2.75) is 13.3 Å². The summed E-state index contributed by atoms with van der Waals surface area (Å²) in [7, 11) is 0. The number of hydrogen-bond acceptors (Lipinski definition) is 2. The number of aryl methyl sites for hydroxylation is 1. The number of rotatable bonds is 2. The highest BCUT2D eigenvalue weighted by atomic mass is 19.1. The lowest BCUT2D eigenvalue weighted by Gasteiger charge is -2.04. The fraction of sp³-hybridized carbons (Fsp3) is 0.222. The fourth-order valence-electron chi connectivity index (χ4n) is 1.06. The molecule has 0 aliphatic carbocycles. The summed E-state index contributed by atoms with van der Waals surface area (Å²) in [5, 5.41) is 17.4. The maximum Gasteiger partial charge on any atom is 0.307 e. The first-order chi connectivity index (χ1) is 6.00. The molecule has 0 bridgehead atoms. The number of carboxylic acids is 1. The second kappa shape index (κ2) is 3.43. The molecule has 0 unspecified atom stereocenters. The molecule has 1 aromatic rings. The molecule has 0 aromatic heterocycles. The third kappa shape index (κ3) is 2.18. The van der Waals surface area contributed by atoms with Crippen LogP contribution in [0, 0.1) is 12.7 Å². The summed E-state index contributed by atoms with van der Waals surface area (Å²) in [5.74, 6) is -2.25. The van der Waals surface area contributed by atoms with E-state index in [4.69, 9.17) is 10.2 Å². The van der Waals surface area contributed by atoms with E-state index in [1.165, 1.54) is 0 Å². The summed E-state index contributed by atoms with van der Waals surface area (Å²) in [4.78, 5) is 10.3. The Morgan fingerprint density at radius 3 is 2.69 bits per heavy atom. The third-order valence-corrected chi connectivity index (χ3v) is 1.75. The molecule has 0 amide bonds. The van der Waals surface area contributed by atoms with Gasteiger partial charge in [-0.3, -0.25) is 4.79 Å². The molecule has 0 heterocycles. The summed E-state index contributed by atoms with van der Waals surface area (Å²) < 4.78 is 12.7. The van der Waals surface area contributed by atoms with E-state index in [0.717, 1.165) is 12.1 Å². The normalized spacial score (nSPS) is 10.0. The van der Waals surface area contributed by atoms with Gasteiger partial charge in [0.05, 0.1) is 6.42 Å². The molecule has 3 nitrogen and oxygen atoms in total. The Kier molecular flexibility index (Phi) is 2.51. The lowest BCUT2D eigenvalue weighted by atomic mass is 10.1. The van der Waals surface area contributed by atoms with Gasteiger partial charge in [0.2, 0.25) is 0 Å². The van der Waals surface area contributed by atoms with E-state index in [0.29, 0.717) is 11.1 Å². The van der Waals surface area contributed by atoms with Crippen molar-refractivity contribution in [3.63, 3.8) is 0 Å². The van der Waals surface area contributed by atoms with E-state index in [-0.39, 0.29) is 6.42 Å². The molecular formula is C9H9FO3. The minimum Gasteiger partial charge on any atom is -0.505 e. The maximum absolute atomic E-state index is 12.7. The summed E-state index contributed by atoms with van der Waals surface area (Å²) >= 11 is 0. The van der Waals surface area contributed by atoms with Crippen LogP contribution in [0.3, 0.4) is 0 Å². The van der Waals surface area contributed by atoms with Crippen LogP contribution < -0.4 is 0 Å². The Labute approximate surface area is 74.4 Å². The molecule has 70 valence electrons. The molecular weight excluding hydrogens is 175 g/mol. The first-order valence-electron chi connectivity index (χ1n) is 3.70. The smallest absolute Gasteiger partial charge is 0.307 e. The minimum absolute atomic E-state index is 0.209. The number of hydrogen-bond donors (Lipinski definition) is 2. The molecule has 0 aliphatic heterocycles. The Morgan fingerprint density at radius 2 is 2.15 bits per heavy atom. The Bertz CT molecular complexity index is 347. The SMILES string of the molecule is Cc1cc(F)c(O)cc1CC(=O)O. The van der Waals surface area contributed by atoms with Gasteiger partial charge in [-0.05, 0) is 30.2 Å². The van der Waals surface area contributed by atoms with Crippen molar-refractivity contribution in [1.29, 1.82) is 0 Å². The standard InChI is InChI=1S/C9H9FO3/c1-5-2-7(10)8(11)3-6(5)4-9(12)13/h2-3,11H,4H2,1H3,(H,12,13). The molecule has 0 fully saturated rings.